The lowest BCUT2D eigenvalue weighted by atomic mass is 10.0. The van der Waals surface area contributed by atoms with Gasteiger partial charge in [-0.2, -0.15) is 13.2 Å². The van der Waals surface area contributed by atoms with Gasteiger partial charge in [0.15, 0.2) is 0 Å². The molecule has 2 aromatic rings. The van der Waals surface area contributed by atoms with E-state index < -0.39 is 11.7 Å². The van der Waals surface area contributed by atoms with Gasteiger partial charge in [-0.1, -0.05) is 6.07 Å². The summed E-state index contributed by atoms with van der Waals surface area (Å²) in [7, 11) is 3.84. The number of hydrogen-bond acceptors (Lipinski definition) is 4. The number of aryl methyl sites for hydroxylation is 1. The molecule has 2 rings (SSSR count). The van der Waals surface area contributed by atoms with Crippen molar-refractivity contribution in [2.45, 2.75) is 19.6 Å². The average molecular weight is 352 g/mol. The molecule has 0 unspecified atom stereocenters. The molecule has 0 aliphatic rings. The number of halogens is 3. The minimum atomic E-state index is -4.37. The number of pyridine rings is 1. The normalized spacial score (nSPS) is 11.6. The van der Waals surface area contributed by atoms with Crippen LogP contribution in [0.1, 0.15) is 16.7 Å². The fraction of sp³-hybridized carbons (Fsp3) is 0.389. The lowest BCUT2D eigenvalue weighted by Gasteiger charge is -2.19. The Morgan fingerprint density at radius 2 is 1.88 bits per heavy atom. The quantitative estimate of drug-likeness (QED) is 0.790. The highest BCUT2D eigenvalue weighted by atomic mass is 19.4. The summed E-state index contributed by atoms with van der Waals surface area (Å²) in [4.78, 5) is 6.15. The van der Waals surface area contributed by atoms with Crippen LogP contribution >= 0.6 is 0 Å². The maximum atomic E-state index is 13.1. The second-order valence-corrected chi connectivity index (χ2v) is 6.12. The van der Waals surface area contributed by atoms with Gasteiger partial charge in [-0.25, -0.2) is 4.98 Å². The summed E-state index contributed by atoms with van der Waals surface area (Å²) >= 11 is 0. The molecule has 0 aliphatic heterocycles. The number of likely N-dealkylation sites (N-methyl/N-ethyl adjacent to an activating group) is 1. The molecular formula is C18H23F3N4. The Balaban J connectivity index is 2.25. The van der Waals surface area contributed by atoms with E-state index in [2.05, 4.69) is 15.6 Å². The lowest BCUT2D eigenvalue weighted by molar-refractivity contribution is -0.137. The topological polar surface area (TPSA) is 40.2 Å². The molecule has 0 fully saturated rings. The minimum absolute atomic E-state index is 0.394. The van der Waals surface area contributed by atoms with Crippen molar-refractivity contribution in [3.63, 3.8) is 0 Å². The minimum Gasteiger partial charge on any atom is -0.383 e. The third kappa shape index (κ3) is 5.63. The van der Waals surface area contributed by atoms with Gasteiger partial charge < -0.3 is 15.5 Å². The Morgan fingerprint density at radius 3 is 2.48 bits per heavy atom. The largest absolute Gasteiger partial charge is 0.416 e. The summed E-state index contributed by atoms with van der Waals surface area (Å²) in [6.45, 7) is 3.37. The van der Waals surface area contributed by atoms with Crippen LogP contribution in [0.4, 0.5) is 24.7 Å². The van der Waals surface area contributed by atoms with Crippen LogP contribution in [0.3, 0.4) is 0 Å². The number of nitrogens with zero attached hydrogens (tertiary/aromatic N) is 2. The summed E-state index contributed by atoms with van der Waals surface area (Å²) in [5, 5.41) is 6.29. The van der Waals surface area contributed by atoms with E-state index in [1.807, 2.05) is 37.2 Å². The van der Waals surface area contributed by atoms with Crippen LogP contribution in [0.25, 0.3) is 0 Å². The summed E-state index contributed by atoms with van der Waals surface area (Å²) in [5.41, 5.74) is 1.25. The molecule has 1 heterocycles. The number of aromatic nitrogens is 1. The Kier molecular flexibility index (Phi) is 6.25. The standard InChI is InChI=1S/C18H23F3N4/c1-13-10-14(18(19,20)21)11-16(22-8-9-25(2)3)15(13)12-24-17-6-4-5-7-23-17/h4-7,10-11,22H,8-9,12H2,1-3H3,(H,23,24). The maximum absolute atomic E-state index is 13.1. The highest BCUT2D eigenvalue weighted by Crippen LogP contribution is 2.34. The number of nitrogens with one attached hydrogen (secondary N) is 2. The maximum Gasteiger partial charge on any atom is 0.416 e. The molecule has 7 heteroatoms. The first-order valence-electron chi connectivity index (χ1n) is 8.01. The van der Waals surface area contributed by atoms with Crippen molar-refractivity contribution in [3.05, 3.63) is 53.2 Å². The van der Waals surface area contributed by atoms with Gasteiger partial charge in [-0.3, -0.25) is 0 Å². The zero-order valence-corrected chi connectivity index (χ0v) is 14.6. The molecule has 4 nitrogen and oxygen atoms in total. The summed E-state index contributed by atoms with van der Waals surface area (Å²) in [5.74, 6) is 0.682. The van der Waals surface area contributed by atoms with Crippen molar-refractivity contribution in [2.24, 2.45) is 0 Å². The lowest BCUT2D eigenvalue weighted by Crippen LogP contribution is -2.22. The molecule has 2 N–H and O–H groups in total. The van der Waals surface area contributed by atoms with Gasteiger partial charge >= 0.3 is 6.18 Å². The molecule has 1 aromatic carbocycles. The molecular weight excluding hydrogens is 329 g/mol. The summed E-state index contributed by atoms with van der Waals surface area (Å²) in [6.07, 6.45) is -2.70. The van der Waals surface area contributed by atoms with Gasteiger partial charge in [0.05, 0.1) is 5.56 Å². The number of anilines is 2. The van der Waals surface area contributed by atoms with Gasteiger partial charge in [-0.15, -0.1) is 0 Å². The monoisotopic (exact) mass is 352 g/mol. The fourth-order valence-electron chi connectivity index (χ4n) is 2.43. The van der Waals surface area contributed by atoms with Crippen LogP contribution in [-0.4, -0.2) is 37.1 Å². The molecule has 1 aromatic heterocycles. The zero-order valence-electron chi connectivity index (χ0n) is 14.6. The highest BCUT2D eigenvalue weighted by molar-refractivity contribution is 5.58. The number of hydrogen-bond donors (Lipinski definition) is 2. The first-order chi connectivity index (χ1) is 11.8. The second kappa shape index (κ2) is 8.20. The van der Waals surface area contributed by atoms with Crippen LogP contribution < -0.4 is 10.6 Å². The van der Waals surface area contributed by atoms with Gasteiger partial charge in [0.25, 0.3) is 0 Å². The van der Waals surface area contributed by atoms with Crippen LogP contribution in [-0.2, 0) is 12.7 Å². The average Bonchev–Trinajstić information content (AvgIpc) is 2.53. The van der Waals surface area contributed by atoms with Crippen molar-refractivity contribution in [1.82, 2.24) is 9.88 Å². The van der Waals surface area contributed by atoms with Crippen LogP contribution in [0, 0.1) is 6.92 Å². The molecule has 0 spiro atoms. The summed E-state index contributed by atoms with van der Waals surface area (Å²) < 4.78 is 39.4. The molecule has 0 amide bonds. The third-order valence-electron chi connectivity index (χ3n) is 3.79. The third-order valence-corrected chi connectivity index (χ3v) is 3.79. The Bertz CT molecular complexity index is 685. The van der Waals surface area contributed by atoms with Crippen molar-refractivity contribution < 1.29 is 13.2 Å². The Morgan fingerprint density at radius 1 is 1.12 bits per heavy atom. The molecule has 0 saturated carbocycles. The highest BCUT2D eigenvalue weighted by Gasteiger charge is 2.31. The smallest absolute Gasteiger partial charge is 0.383 e. The van der Waals surface area contributed by atoms with Gasteiger partial charge in [0.1, 0.15) is 5.82 Å². The van der Waals surface area contributed by atoms with Gasteiger partial charge in [0.2, 0.25) is 0 Å². The van der Waals surface area contributed by atoms with Gasteiger partial charge in [-0.05, 0) is 56.4 Å². The predicted octanol–water partition coefficient (Wildman–Crippen LogP) is 3.99. The van der Waals surface area contributed by atoms with Crippen LogP contribution in [0.5, 0.6) is 0 Å². The van der Waals surface area contributed by atoms with Crippen molar-refractivity contribution >= 4 is 11.5 Å². The Hall–Kier alpha value is -2.28. The SMILES string of the molecule is Cc1cc(C(F)(F)F)cc(NCCN(C)C)c1CNc1ccccn1. The zero-order chi connectivity index (χ0) is 18.4. The molecule has 0 aliphatic carbocycles. The van der Waals surface area contributed by atoms with E-state index in [-0.39, 0.29) is 0 Å². The number of alkyl halides is 3. The predicted molar refractivity (Wildman–Crippen MR) is 94.8 cm³/mol. The van der Waals surface area contributed by atoms with Crippen LogP contribution in [0.2, 0.25) is 0 Å². The molecule has 25 heavy (non-hydrogen) atoms. The van der Waals surface area contributed by atoms with Crippen molar-refractivity contribution in [1.29, 1.82) is 0 Å². The fourth-order valence-corrected chi connectivity index (χ4v) is 2.43. The number of benzene rings is 1. The molecule has 136 valence electrons. The van der Waals surface area contributed by atoms with E-state index in [1.165, 1.54) is 12.1 Å². The molecule has 0 atom stereocenters. The van der Waals surface area contributed by atoms with E-state index in [0.717, 1.165) is 12.1 Å². The Labute approximate surface area is 146 Å². The van der Waals surface area contributed by atoms with E-state index in [1.54, 1.807) is 13.1 Å². The van der Waals surface area contributed by atoms with Gasteiger partial charge in [0, 0.05) is 31.5 Å². The molecule has 0 saturated heterocycles. The van der Waals surface area contributed by atoms with E-state index in [0.29, 0.717) is 30.2 Å². The molecule has 0 bridgehead atoms. The molecule has 0 radical (unpaired) electrons. The first kappa shape index (κ1) is 19.1. The summed E-state index contributed by atoms with van der Waals surface area (Å²) in [6, 6.07) is 7.84. The number of rotatable bonds is 7. The van der Waals surface area contributed by atoms with E-state index in [9.17, 15) is 13.2 Å². The first-order valence-corrected chi connectivity index (χ1v) is 8.01. The van der Waals surface area contributed by atoms with Crippen LogP contribution in [0.15, 0.2) is 36.5 Å². The van der Waals surface area contributed by atoms with E-state index in [4.69, 9.17) is 0 Å². The van der Waals surface area contributed by atoms with Crippen molar-refractivity contribution in [2.75, 3.05) is 37.8 Å². The second-order valence-electron chi connectivity index (χ2n) is 6.12. The van der Waals surface area contributed by atoms with Crippen molar-refractivity contribution in [3.8, 4) is 0 Å². The van der Waals surface area contributed by atoms with E-state index >= 15 is 0 Å².